The van der Waals surface area contributed by atoms with E-state index >= 15 is 0 Å². The number of rotatable bonds is 16. The van der Waals surface area contributed by atoms with Crippen molar-refractivity contribution in [3.05, 3.63) is 281 Å². The van der Waals surface area contributed by atoms with Crippen LogP contribution in [-0.4, -0.2) is 121 Å². The summed E-state index contributed by atoms with van der Waals surface area (Å²) in [5, 5.41) is 0. The maximum absolute atomic E-state index is 13.6. The van der Waals surface area contributed by atoms with E-state index in [0.717, 1.165) is 182 Å². The third kappa shape index (κ3) is 16.5. The summed E-state index contributed by atoms with van der Waals surface area (Å²) in [7, 11) is -2.87. The van der Waals surface area contributed by atoms with Gasteiger partial charge in [-0.15, -0.1) is 0 Å². The molecule has 11 heterocycles. The van der Waals surface area contributed by atoms with Gasteiger partial charge >= 0.3 is 0 Å². The van der Waals surface area contributed by atoms with Gasteiger partial charge in [-0.1, -0.05) is 113 Å². The summed E-state index contributed by atoms with van der Waals surface area (Å²) in [6.07, 6.45) is 23.6. The van der Waals surface area contributed by atoms with Crippen LogP contribution in [0.2, 0.25) is 0 Å². The molecule has 0 radical (unpaired) electrons. The van der Waals surface area contributed by atoms with Crippen molar-refractivity contribution in [2.24, 2.45) is 0 Å². The number of nitrogens with one attached hydrogen (secondary N) is 4. The summed E-state index contributed by atoms with van der Waals surface area (Å²) in [6.45, 7) is 10.1. The number of amides is 4. The Labute approximate surface area is 695 Å². The van der Waals surface area contributed by atoms with Gasteiger partial charge in [-0.25, -0.2) is 37.1 Å². The summed E-state index contributed by atoms with van der Waals surface area (Å²) >= 11 is 0. The first kappa shape index (κ1) is 80.2. The second-order valence-corrected chi connectivity index (χ2v) is 34.7. The number of nitrogens with zero attached hydrogens (tertiary/aromatic N) is 9. The molecule has 8 aliphatic rings. The molecule has 20 rings (SSSR count). The number of benzene rings is 8. The molecule has 614 valence electrons. The minimum absolute atomic E-state index is 0.0118. The Kier molecular flexibility index (Phi) is 22.9. The minimum atomic E-state index is -2.87. The van der Waals surface area contributed by atoms with Crippen LogP contribution in [0.5, 0.6) is 0 Å². The molecule has 8 aromatic carbocycles. The lowest BCUT2D eigenvalue weighted by atomic mass is 9.83. The van der Waals surface area contributed by atoms with Gasteiger partial charge in [0.05, 0.1) is 112 Å². The molecule has 24 heteroatoms. The SMILES string of the molecule is CCC1=CC(=O)N(c2ccc3nc[nH]c3c2)C1c1ccc(C2CCC(=O)CC2)cc1.CCC1=CC(=O)N(c2ccc3nc[nH]c3c2)C1c1ccc(C2CCOCC2)cc1.CCC1=CC(=O)N(c2ccc3nc[nH]c3c2)C1c1ccc(C2CCS(=O)(=O)CC2)cc1.CCC1=CC(=O)N(c2ccc3nc[nH]c3c2)C1c1ccc(N2CCC(F)(F)C2)cc1. The number of anilines is 5. The first-order chi connectivity index (χ1) is 58.3. The first-order valence-electron chi connectivity index (χ1n) is 42.0. The summed E-state index contributed by atoms with van der Waals surface area (Å²) in [4.78, 5) is 102. The number of ketones is 1. The average molecular weight is 1630 g/mol. The van der Waals surface area contributed by atoms with Gasteiger partial charge in [0.2, 0.25) is 0 Å². The Morgan fingerprint density at radius 1 is 0.383 bits per heavy atom. The molecule has 4 N–H and O–H groups in total. The van der Waals surface area contributed by atoms with Crippen molar-refractivity contribution >= 4 is 112 Å². The lowest BCUT2D eigenvalue weighted by Gasteiger charge is -2.28. The summed E-state index contributed by atoms with van der Waals surface area (Å²) in [6, 6.07) is 56.5. The Morgan fingerprint density at radius 3 is 0.967 bits per heavy atom. The maximum Gasteiger partial charge on any atom is 0.266 e. The van der Waals surface area contributed by atoms with Crippen molar-refractivity contribution in [2.75, 3.05) is 62.3 Å². The molecule has 4 atom stereocenters. The largest absolute Gasteiger partial charge is 0.381 e. The van der Waals surface area contributed by atoms with Gasteiger partial charge in [-0.3, -0.25) is 43.6 Å². The number of carbonyl (C=O) groups is 5. The number of fused-ring (bicyclic) bond motifs is 4. The maximum atomic E-state index is 13.6. The number of halogens is 2. The van der Waals surface area contributed by atoms with E-state index in [9.17, 15) is 41.2 Å². The number of H-pyrrole nitrogens is 4. The van der Waals surface area contributed by atoms with Crippen molar-refractivity contribution in [3.63, 3.8) is 0 Å². The van der Waals surface area contributed by atoms with E-state index in [1.807, 2.05) is 119 Å². The van der Waals surface area contributed by atoms with Crippen molar-refractivity contribution < 1.29 is 45.9 Å². The number of aromatic nitrogens is 8. The van der Waals surface area contributed by atoms with Gasteiger partial charge < -0.3 is 29.6 Å². The number of aromatic amines is 4. The first-order valence-corrected chi connectivity index (χ1v) is 43.8. The number of sulfone groups is 1. The molecule has 1 saturated carbocycles. The van der Waals surface area contributed by atoms with Crippen LogP contribution in [0.4, 0.5) is 37.2 Å². The van der Waals surface area contributed by atoms with Crippen molar-refractivity contribution in [2.45, 2.75) is 159 Å². The number of alkyl halides is 2. The molecule has 12 aromatic rings. The van der Waals surface area contributed by atoms with E-state index in [2.05, 4.69) is 133 Å². The van der Waals surface area contributed by atoms with E-state index in [0.29, 0.717) is 49.8 Å². The molecule has 21 nitrogen and oxygen atoms in total. The zero-order valence-electron chi connectivity index (χ0n) is 67.7. The molecule has 0 spiro atoms. The molecule has 120 heavy (non-hydrogen) atoms. The zero-order valence-corrected chi connectivity index (χ0v) is 68.5. The second-order valence-electron chi connectivity index (χ2n) is 32.4. The van der Waals surface area contributed by atoms with Crippen LogP contribution in [0.3, 0.4) is 0 Å². The summed E-state index contributed by atoms with van der Waals surface area (Å²) in [5.41, 5.74) is 23.9. The highest BCUT2D eigenvalue weighted by atomic mass is 32.2. The topological polar surface area (TPSA) is 260 Å². The molecule has 3 saturated heterocycles. The predicted octanol–water partition coefficient (Wildman–Crippen LogP) is 19.2. The van der Waals surface area contributed by atoms with Gasteiger partial charge in [0, 0.05) is 91.8 Å². The molecule has 1 aliphatic carbocycles. The minimum Gasteiger partial charge on any atom is -0.381 e. The van der Waals surface area contributed by atoms with E-state index < -0.39 is 15.8 Å². The van der Waals surface area contributed by atoms with E-state index in [1.54, 1.807) is 59.4 Å². The molecular formula is C96H97F2N13O8S. The van der Waals surface area contributed by atoms with Gasteiger partial charge in [-0.05, 0) is 228 Å². The fraction of sp³-hybridized carbons (Fsp3) is 0.323. The standard InChI is InChI=1S/C25H25N3O2.C24H25N3O3S.C24H25N3O2.C23H22F2N4O/c1-2-16-13-24(30)28(20-9-12-22-23(14-20)27-15-26-22)25(16)19-5-3-17(4-6-19)18-7-10-21(29)11-8-18;1-2-16-13-23(28)27(20-7-8-21-22(14-20)26-15-25-21)24(16)19-5-3-17(4-6-19)18-9-11-31(29,30)12-10-18;1-2-16-13-23(28)27(20-7-8-21-22(14-20)26-15-25-21)24(16)19-5-3-17(4-6-19)18-9-11-29-12-10-18;1-2-15-11-21(30)29(18-7-8-19-20(12-18)27-14-26-19)22(15)16-3-5-17(6-4-16)28-10-9-23(24,25)13-28/h3-6,9,12-15,18,25H,2,7-8,10-11H2,1H3,(H,26,27);3-8,13-15,18,24H,2,9-12H2,1H3,(H,25,26);3-8,13-15,18,24H,2,9-12H2,1H3,(H,25,26);3-8,11-12,14,22H,2,9-10,13H2,1H3,(H,26,27). The number of carbonyl (C=O) groups excluding carboxylic acids is 5. The van der Waals surface area contributed by atoms with E-state index in [1.165, 1.54) is 16.7 Å². The van der Waals surface area contributed by atoms with E-state index in [4.69, 9.17) is 4.74 Å². The molecule has 4 amide bonds. The smallest absolute Gasteiger partial charge is 0.266 e. The van der Waals surface area contributed by atoms with Crippen molar-refractivity contribution in [1.82, 2.24) is 39.9 Å². The van der Waals surface area contributed by atoms with Crippen LogP contribution in [0.15, 0.2) is 242 Å². The fourth-order valence-electron chi connectivity index (χ4n) is 18.6. The van der Waals surface area contributed by atoms with Gasteiger partial charge in [-0.2, -0.15) is 0 Å². The zero-order chi connectivity index (χ0) is 82.9. The lowest BCUT2D eigenvalue weighted by Crippen LogP contribution is -2.29. The van der Waals surface area contributed by atoms with Crippen LogP contribution in [0.1, 0.15) is 192 Å². The Morgan fingerprint density at radius 2 is 0.667 bits per heavy atom. The molecule has 4 fully saturated rings. The Bertz CT molecular complexity index is 6080. The molecule has 4 unspecified atom stereocenters. The number of hydrogen-bond donors (Lipinski definition) is 4. The molecule has 0 bridgehead atoms. The van der Waals surface area contributed by atoms with Crippen LogP contribution >= 0.6 is 0 Å². The Balaban J connectivity index is 0.000000114. The fourth-order valence-corrected chi connectivity index (χ4v) is 20.1. The summed E-state index contributed by atoms with van der Waals surface area (Å²) < 4.78 is 56.1. The highest BCUT2D eigenvalue weighted by Crippen LogP contribution is 2.47. The molecule has 4 aromatic heterocycles. The number of Topliss-reactive ketones (excluding diaryl/α,β-unsaturated/α-hetero) is 1. The normalized spacial score (nSPS) is 20.8. The van der Waals surface area contributed by atoms with Crippen LogP contribution in [0.25, 0.3) is 44.1 Å². The third-order valence-electron chi connectivity index (χ3n) is 25.2. The second kappa shape index (κ2) is 34.2. The average Bonchev–Trinajstić information content (AvgIpc) is 1.63. The van der Waals surface area contributed by atoms with Gasteiger partial charge in [0.25, 0.3) is 29.6 Å². The third-order valence-corrected chi connectivity index (χ3v) is 26.9. The van der Waals surface area contributed by atoms with Crippen LogP contribution in [0, 0.1) is 0 Å². The molecular weight excluding hydrogens is 1530 g/mol. The van der Waals surface area contributed by atoms with Crippen molar-refractivity contribution in [1.29, 1.82) is 0 Å². The van der Waals surface area contributed by atoms with E-state index in [-0.39, 0.29) is 78.2 Å². The number of ether oxygens (including phenoxy) is 1. The van der Waals surface area contributed by atoms with Crippen LogP contribution < -0.4 is 24.5 Å². The van der Waals surface area contributed by atoms with Crippen molar-refractivity contribution in [3.8, 4) is 0 Å². The monoisotopic (exact) mass is 1630 g/mol. The quantitative estimate of drug-likeness (QED) is 0.0702. The number of hydrogen-bond acceptors (Lipinski definition) is 13. The predicted molar refractivity (Wildman–Crippen MR) is 466 cm³/mol. The lowest BCUT2D eigenvalue weighted by molar-refractivity contribution is -0.120. The Hall–Kier alpha value is -12.3. The van der Waals surface area contributed by atoms with Gasteiger partial charge in [0.15, 0.2) is 0 Å². The summed E-state index contributed by atoms with van der Waals surface area (Å²) in [5.74, 6) is -0.405. The van der Waals surface area contributed by atoms with Gasteiger partial charge in [0.1, 0.15) is 15.6 Å². The highest BCUT2D eigenvalue weighted by molar-refractivity contribution is 7.91. The number of imidazole rings is 4. The highest BCUT2D eigenvalue weighted by Gasteiger charge is 2.42. The molecule has 7 aliphatic heterocycles. The van der Waals surface area contributed by atoms with Crippen LogP contribution in [-0.2, 0) is 38.5 Å².